The number of benzene rings is 3. The van der Waals surface area contributed by atoms with E-state index in [1.54, 1.807) is 11.0 Å². The van der Waals surface area contributed by atoms with Crippen LogP contribution in [0.15, 0.2) is 91.0 Å². The number of ether oxygens (including phenoxy) is 1. The van der Waals surface area contributed by atoms with E-state index in [4.69, 9.17) is 15.5 Å². The molecule has 4 aromatic rings. The van der Waals surface area contributed by atoms with Crippen LogP contribution in [0.3, 0.4) is 0 Å². The van der Waals surface area contributed by atoms with Gasteiger partial charge in [0.2, 0.25) is 5.91 Å². The summed E-state index contributed by atoms with van der Waals surface area (Å²) >= 11 is 0. The maximum absolute atomic E-state index is 12.2. The van der Waals surface area contributed by atoms with E-state index in [2.05, 4.69) is 15.1 Å². The number of nitrogens with zero attached hydrogens (tertiary/aromatic N) is 4. The molecule has 0 radical (unpaired) electrons. The molecule has 2 aliphatic heterocycles. The molecule has 6 rings (SSSR count). The minimum absolute atomic E-state index is 0.240. The Balaban J connectivity index is 1.09. The molecule has 0 atom stereocenters. The first-order chi connectivity index (χ1) is 20.9. The lowest BCUT2D eigenvalue weighted by molar-refractivity contribution is -0.120. The Morgan fingerprint density at radius 2 is 1.51 bits per heavy atom. The van der Waals surface area contributed by atoms with Crippen molar-refractivity contribution < 1.29 is 19.1 Å². The fourth-order valence-electron chi connectivity index (χ4n) is 5.33. The van der Waals surface area contributed by atoms with Crippen molar-refractivity contribution in [3.8, 4) is 22.8 Å². The van der Waals surface area contributed by atoms with E-state index in [1.807, 2.05) is 84.9 Å². The van der Waals surface area contributed by atoms with Gasteiger partial charge in [-0.2, -0.15) is 0 Å². The molecule has 0 spiro atoms. The van der Waals surface area contributed by atoms with Gasteiger partial charge in [0, 0.05) is 56.9 Å². The van der Waals surface area contributed by atoms with Crippen molar-refractivity contribution in [3.05, 3.63) is 102 Å². The number of urea groups is 1. The number of carbonyl (C=O) groups is 3. The maximum Gasteiger partial charge on any atom is 0.328 e. The highest BCUT2D eigenvalue weighted by Crippen LogP contribution is 2.29. The number of amides is 4. The fourth-order valence-corrected chi connectivity index (χ4v) is 5.33. The molecule has 3 aromatic carbocycles. The van der Waals surface area contributed by atoms with Crippen LogP contribution in [0.25, 0.3) is 11.3 Å². The molecule has 2 aliphatic rings. The highest BCUT2D eigenvalue weighted by molar-refractivity contribution is 6.05. The van der Waals surface area contributed by atoms with Crippen molar-refractivity contribution in [1.29, 1.82) is 0 Å². The van der Waals surface area contributed by atoms with Crippen LogP contribution in [0.1, 0.15) is 22.3 Å². The SMILES string of the molecule is NC(=O)c1ccc(N2CCN(Cc3ccc(N4CCC(=O)NC4=O)cc3)CC2)nc1-c1ccc(Oc2ccccc2)cc1. The topological polar surface area (TPSA) is 121 Å². The molecule has 0 saturated carbocycles. The molecule has 10 nitrogen and oxygen atoms in total. The fraction of sp³-hybridized carbons (Fsp3) is 0.212. The third-order valence-corrected chi connectivity index (χ3v) is 7.66. The van der Waals surface area contributed by atoms with Crippen molar-refractivity contribution in [1.82, 2.24) is 15.2 Å². The number of piperazine rings is 1. The first kappa shape index (κ1) is 27.9. The van der Waals surface area contributed by atoms with Gasteiger partial charge < -0.3 is 15.4 Å². The summed E-state index contributed by atoms with van der Waals surface area (Å²) in [5.74, 6) is 1.46. The van der Waals surface area contributed by atoms with Gasteiger partial charge in [0.25, 0.3) is 5.91 Å². The van der Waals surface area contributed by atoms with Crippen molar-refractivity contribution in [2.75, 3.05) is 42.5 Å². The third-order valence-electron chi connectivity index (χ3n) is 7.66. The maximum atomic E-state index is 12.2. The van der Waals surface area contributed by atoms with Gasteiger partial charge in [0.15, 0.2) is 0 Å². The quantitative estimate of drug-likeness (QED) is 0.319. The minimum atomic E-state index is -0.524. The lowest BCUT2D eigenvalue weighted by Gasteiger charge is -2.35. The van der Waals surface area contributed by atoms with Crippen molar-refractivity contribution in [2.24, 2.45) is 5.73 Å². The summed E-state index contributed by atoms with van der Waals surface area (Å²) in [7, 11) is 0. The smallest absolute Gasteiger partial charge is 0.328 e. The number of pyridine rings is 1. The zero-order valence-corrected chi connectivity index (χ0v) is 23.6. The van der Waals surface area contributed by atoms with Gasteiger partial charge in [-0.05, 0) is 66.2 Å². The molecule has 2 fully saturated rings. The summed E-state index contributed by atoms with van der Waals surface area (Å²) in [5.41, 5.74) is 9.34. The first-order valence-electron chi connectivity index (χ1n) is 14.2. The summed E-state index contributed by atoms with van der Waals surface area (Å²) in [6, 6.07) is 28.2. The van der Waals surface area contributed by atoms with Gasteiger partial charge in [-0.1, -0.05) is 30.3 Å². The second-order valence-electron chi connectivity index (χ2n) is 10.6. The monoisotopic (exact) mass is 576 g/mol. The molecular weight excluding hydrogens is 544 g/mol. The van der Waals surface area contributed by atoms with Crippen LogP contribution in [-0.2, 0) is 11.3 Å². The van der Waals surface area contributed by atoms with Gasteiger partial charge in [-0.3, -0.25) is 24.7 Å². The van der Waals surface area contributed by atoms with Crippen LogP contribution in [0.4, 0.5) is 16.3 Å². The Kier molecular flexibility index (Phi) is 8.01. The van der Waals surface area contributed by atoms with Gasteiger partial charge in [-0.15, -0.1) is 0 Å². The van der Waals surface area contributed by atoms with Gasteiger partial charge >= 0.3 is 6.03 Å². The highest BCUT2D eigenvalue weighted by Gasteiger charge is 2.24. The summed E-state index contributed by atoms with van der Waals surface area (Å²) in [6.07, 6.45) is 0.301. The standard InChI is InChI=1S/C33H32N6O4/c34-32(41)28-14-15-29(35-31(28)24-8-12-27(13-9-24)43-26-4-2-1-3-5-26)38-20-18-37(19-21-38)22-23-6-10-25(11-7-23)39-17-16-30(40)36-33(39)42/h1-15H,16-22H2,(H2,34,41)(H,36,40,42). The lowest BCUT2D eigenvalue weighted by atomic mass is 10.0. The van der Waals surface area contributed by atoms with Gasteiger partial charge in [0.05, 0.1) is 11.3 Å². The molecule has 0 aliphatic carbocycles. The summed E-state index contributed by atoms with van der Waals surface area (Å²) in [4.78, 5) is 46.9. The van der Waals surface area contributed by atoms with E-state index >= 15 is 0 Å². The summed E-state index contributed by atoms with van der Waals surface area (Å²) in [5, 5.41) is 2.36. The number of rotatable bonds is 8. The Labute approximate surface area is 249 Å². The predicted octanol–water partition coefficient (Wildman–Crippen LogP) is 4.41. The Morgan fingerprint density at radius 1 is 0.814 bits per heavy atom. The lowest BCUT2D eigenvalue weighted by Crippen LogP contribution is -2.49. The van der Waals surface area contributed by atoms with Crippen LogP contribution >= 0.6 is 0 Å². The number of carbonyl (C=O) groups excluding carboxylic acids is 3. The summed E-state index contributed by atoms with van der Waals surface area (Å²) < 4.78 is 5.91. The predicted molar refractivity (Wildman–Crippen MR) is 164 cm³/mol. The van der Waals surface area contributed by atoms with Crippen LogP contribution in [0.2, 0.25) is 0 Å². The number of aromatic nitrogens is 1. The second kappa shape index (κ2) is 12.3. The van der Waals surface area contributed by atoms with Crippen LogP contribution in [-0.4, -0.2) is 60.5 Å². The number of nitrogens with two attached hydrogens (primary N) is 1. The molecule has 0 bridgehead atoms. The van der Waals surface area contributed by atoms with E-state index in [0.717, 1.165) is 61.1 Å². The zero-order valence-electron chi connectivity index (χ0n) is 23.6. The van der Waals surface area contributed by atoms with Crippen molar-refractivity contribution in [2.45, 2.75) is 13.0 Å². The molecule has 4 amide bonds. The normalized spacial score (nSPS) is 15.7. The average molecular weight is 577 g/mol. The molecule has 43 heavy (non-hydrogen) atoms. The van der Waals surface area contributed by atoms with Crippen molar-refractivity contribution >= 4 is 29.4 Å². The molecular formula is C33H32N6O4. The second-order valence-corrected chi connectivity index (χ2v) is 10.6. The number of primary amides is 1. The number of hydrogen-bond acceptors (Lipinski definition) is 7. The van der Waals surface area contributed by atoms with E-state index in [0.29, 0.717) is 30.0 Å². The summed E-state index contributed by atoms with van der Waals surface area (Å²) in [6.45, 7) is 4.43. The molecule has 1 aromatic heterocycles. The van der Waals surface area contributed by atoms with E-state index in [1.165, 1.54) is 0 Å². The molecule has 218 valence electrons. The number of nitrogens with one attached hydrogen (secondary N) is 1. The number of anilines is 2. The third kappa shape index (κ3) is 6.49. The molecule has 2 saturated heterocycles. The molecule has 3 heterocycles. The number of hydrogen-bond donors (Lipinski definition) is 2. The van der Waals surface area contributed by atoms with Crippen molar-refractivity contribution in [3.63, 3.8) is 0 Å². The van der Waals surface area contributed by atoms with Crippen LogP contribution in [0.5, 0.6) is 11.5 Å². The molecule has 10 heteroatoms. The van der Waals surface area contributed by atoms with Crippen LogP contribution in [0, 0.1) is 0 Å². The minimum Gasteiger partial charge on any atom is -0.457 e. The first-order valence-corrected chi connectivity index (χ1v) is 14.2. The number of para-hydroxylation sites is 1. The van der Waals surface area contributed by atoms with E-state index in [-0.39, 0.29) is 11.9 Å². The largest absolute Gasteiger partial charge is 0.457 e. The Hall–Kier alpha value is -5.22. The molecule has 3 N–H and O–H groups in total. The Morgan fingerprint density at radius 3 is 2.19 bits per heavy atom. The van der Waals surface area contributed by atoms with E-state index < -0.39 is 5.91 Å². The Bertz CT molecular complexity index is 1620. The molecule has 0 unspecified atom stereocenters. The average Bonchev–Trinajstić information content (AvgIpc) is 3.03. The van der Waals surface area contributed by atoms with Gasteiger partial charge in [-0.25, -0.2) is 9.78 Å². The number of imide groups is 1. The van der Waals surface area contributed by atoms with Crippen LogP contribution < -0.4 is 25.6 Å². The zero-order chi connectivity index (χ0) is 29.8. The van der Waals surface area contributed by atoms with E-state index in [9.17, 15) is 14.4 Å². The highest BCUT2D eigenvalue weighted by atomic mass is 16.5. The van der Waals surface area contributed by atoms with Gasteiger partial charge in [0.1, 0.15) is 17.3 Å².